The molecule has 5 heteroatoms. The SMILES string of the molecule is Cl.FC1(F)CCOC2(CNC2)C1. The van der Waals surface area contributed by atoms with Gasteiger partial charge in [-0.2, -0.15) is 0 Å². The maximum atomic E-state index is 12.8. The lowest BCUT2D eigenvalue weighted by Crippen LogP contribution is -2.65. The fourth-order valence-corrected chi connectivity index (χ4v) is 1.66. The Hall–Kier alpha value is 0.0700. The monoisotopic (exact) mass is 199 g/mol. The first-order valence-corrected chi connectivity index (χ1v) is 3.85. The molecule has 2 saturated heterocycles. The van der Waals surface area contributed by atoms with E-state index in [9.17, 15) is 8.78 Å². The molecule has 0 aromatic rings. The number of alkyl halides is 2. The van der Waals surface area contributed by atoms with E-state index >= 15 is 0 Å². The largest absolute Gasteiger partial charge is 0.372 e. The second-order valence-electron chi connectivity index (χ2n) is 3.42. The highest BCUT2D eigenvalue weighted by Crippen LogP contribution is 2.38. The predicted octanol–water partition coefficient (Wildman–Crippen LogP) is 1.20. The lowest BCUT2D eigenvalue weighted by atomic mass is 9.86. The highest BCUT2D eigenvalue weighted by molar-refractivity contribution is 5.85. The number of hydrogen-bond acceptors (Lipinski definition) is 2. The van der Waals surface area contributed by atoms with E-state index in [1.807, 2.05) is 0 Å². The third kappa shape index (κ3) is 1.70. The molecular formula is C7H12ClF2NO. The van der Waals surface area contributed by atoms with Gasteiger partial charge in [-0.15, -0.1) is 12.4 Å². The molecule has 2 heterocycles. The Morgan fingerprint density at radius 1 is 1.25 bits per heavy atom. The predicted molar refractivity (Wildman–Crippen MR) is 43.0 cm³/mol. The van der Waals surface area contributed by atoms with E-state index in [-0.39, 0.29) is 31.9 Å². The fraction of sp³-hybridized carbons (Fsp3) is 1.00. The second kappa shape index (κ2) is 3.09. The third-order valence-corrected chi connectivity index (χ3v) is 2.35. The quantitative estimate of drug-likeness (QED) is 0.633. The van der Waals surface area contributed by atoms with Crippen LogP contribution < -0.4 is 5.32 Å². The molecule has 0 radical (unpaired) electrons. The molecule has 1 spiro atoms. The van der Waals surface area contributed by atoms with Crippen LogP contribution in [0.15, 0.2) is 0 Å². The normalized spacial score (nSPS) is 30.5. The summed E-state index contributed by atoms with van der Waals surface area (Å²) in [5.74, 6) is -2.50. The molecule has 0 unspecified atom stereocenters. The molecule has 0 saturated carbocycles. The zero-order chi connectivity index (χ0) is 7.95. The van der Waals surface area contributed by atoms with Crippen molar-refractivity contribution in [1.29, 1.82) is 0 Å². The van der Waals surface area contributed by atoms with Crippen LogP contribution in [-0.2, 0) is 4.74 Å². The Morgan fingerprint density at radius 3 is 2.25 bits per heavy atom. The molecule has 72 valence electrons. The van der Waals surface area contributed by atoms with Gasteiger partial charge < -0.3 is 10.1 Å². The van der Waals surface area contributed by atoms with Crippen molar-refractivity contribution in [2.45, 2.75) is 24.4 Å². The minimum absolute atomic E-state index is 0. The van der Waals surface area contributed by atoms with E-state index in [2.05, 4.69) is 5.32 Å². The summed E-state index contributed by atoms with van der Waals surface area (Å²) in [5, 5.41) is 2.95. The van der Waals surface area contributed by atoms with Crippen molar-refractivity contribution in [3.63, 3.8) is 0 Å². The van der Waals surface area contributed by atoms with Gasteiger partial charge in [-0.05, 0) is 0 Å². The van der Waals surface area contributed by atoms with Crippen molar-refractivity contribution < 1.29 is 13.5 Å². The summed E-state index contributed by atoms with van der Waals surface area (Å²) in [6, 6.07) is 0. The fourth-order valence-electron chi connectivity index (χ4n) is 1.66. The minimum atomic E-state index is -2.50. The van der Waals surface area contributed by atoms with Crippen molar-refractivity contribution in [2.75, 3.05) is 19.7 Å². The van der Waals surface area contributed by atoms with Crippen LogP contribution in [0.1, 0.15) is 12.8 Å². The van der Waals surface area contributed by atoms with Gasteiger partial charge in [0, 0.05) is 25.9 Å². The molecular weight excluding hydrogens is 188 g/mol. The lowest BCUT2D eigenvalue weighted by molar-refractivity contribution is -0.195. The summed E-state index contributed by atoms with van der Waals surface area (Å²) < 4.78 is 30.9. The average molecular weight is 200 g/mol. The van der Waals surface area contributed by atoms with E-state index in [4.69, 9.17) is 4.74 Å². The molecule has 2 fully saturated rings. The highest BCUT2D eigenvalue weighted by Gasteiger charge is 2.50. The van der Waals surface area contributed by atoms with Crippen molar-refractivity contribution >= 4 is 12.4 Å². The van der Waals surface area contributed by atoms with Crippen LogP contribution in [0.4, 0.5) is 8.78 Å². The van der Waals surface area contributed by atoms with Crippen molar-refractivity contribution in [3.8, 4) is 0 Å². The molecule has 0 aliphatic carbocycles. The highest BCUT2D eigenvalue weighted by atomic mass is 35.5. The maximum Gasteiger partial charge on any atom is 0.253 e. The number of hydrogen-bond donors (Lipinski definition) is 1. The van der Waals surface area contributed by atoms with E-state index in [1.165, 1.54) is 0 Å². The van der Waals surface area contributed by atoms with Crippen molar-refractivity contribution in [1.82, 2.24) is 5.32 Å². The van der Waals surface area contributed by atoms with Crippen LogP contribution in [0.25, 0.3) is 0 Å². The number of halogens is 3. The summed E-state index contributed by atoms with van der Waals surface area (Å²) >= 11 is 0. The van der Waals surface area contributed by atoms with Crippen LogP contribution in [0, 0.1) is 0 Å². The zero-order valence-corrected chi connectivity index (χ0v) is 7.42. The van der Waals surface area contributed by atoms with Gasteiger partial charge in [0.15, 0.2) is 0 Å². The lowest BCUT2D eigenvalue weighted by Gasteiger charge is -2.47. The topological polar surface area (TPSA) is 21.3 Å². The summed E-state index contributed by atoms with van der Waals surface area (Å²) in [7, 11) is 0. The molecule has 1 N–H and O–H groups in total. The van der Waals surface area contributed by atoms with Crippen LogP contribution in [0.2, 0.25) is 0 Å². The van der Waals surface area contributed by atoms with E-state index in [0.717, 1.165) is 0 Å². The van der Waals surface area contributed by atoms with Gasteiger partial charge in [0.05, 0.1) is 12.2 Å². The van der Waals surface area contributed by atoms with E-state index in [1.54, 1.807) is 0 Å². The molecule has 2 rings (SSSR count). The Balaban J connectivity index is 0.000000720. The van der Waals surface area contributed by atoms with E-state index < -0.39 is 11.5 Å². The Morgan fingerprint density at radius 2 is 1.92 bits per heavy atom. The Labute approximate surface area is 76.1 Å². The van der Waals surface area contributed by atoms with Gasteiger partial charge in [0.25, 0.3) is 5.92 Å². The van der Waals surface area contributed by atoms with Crippen molar-refractivity contribution in [3.05, 3.63) is 0 Å². The molecule has 2 nitrogen and oxygen atoms in total. The molecule has 0 amide bonds. The molecule has 0 aromatic heterocycles. The molecule has 0 atom stereocenters. The Bertz CT molecular complexity index is 173. The minimum Gasteiger partial charge on any atom is -0.372 e. The van der Waals surface area contributed by atoms with E-state index in [0.29, 0.717) is 13.1 Å². The first kappa shape index (κ1) is 10.2. The molecule has 2 aliphatic heterocycles. The average Bonchev–Trinajstić information content (AvgIpc) is 1.82. The zero-order valence-electron chi connectivity index (χ0n) is 6.61. The third-order valence-electron chi connectivity index (χ3n) is 2.35. The van der Waals surface area contributed by atoms with Crippen LogP contribution in [0.3, 0.4) is 0 Å². The van der Waals surface area contributed by atoms with Gasteiger partial charge in [-0.3, -0.25) is 0 Å². The van der Waals surface area contributed by atoms with Crippen LogP contribution in [-0.4, -0.2) is 31.2 Å². The number of ether oxygens (including phenoxy) is 1. The van der Waals surface area contributed by atoms with Gasteiger partial charge in [-0.25, -0.2) is 8.78 Å². The first-order valence-electron chi connectivity index (χ1n) is 3.85. The summed E-state index contributed by atoms with van der Waals surface area (Å²) in [4.78, 5) is 0. The van der Waals surface area contributed by atoms with Gasteiger partial charge in [-0.1, -0.05) is 0 Å². The molecule has 12 heavy (non-hydrogen) atoms. The maximum absolute atomic E-state index is 12.8. The first-order chi connectivity index (χ1) is 5.12. The Kier molecular flexibility index (Phi) is 2.61. The summed E-state index contributed by atoms with van der Waals surface area (Å²) in [6.45, 7) is 1.37. The van der Waals surface area contributed by atoms with Crippen molar-refractivity contribution in [2.24, 2.45) is 0 Å². The van der Waals surface area contributed by atoms with Gasteiger partial charge in [0.1, 0.15) is 0 Å². The van der Waals surface area contributed by atoms with Gasteiger partial charge in [0.2, 0.25) is 0 Å². The second-order valence-corrected chi connectivity index (χ2v) is 3.42. The van der Waals surface area contributed by atoms with Gasteiger partial charge >= 0.3 is 0 Å². The molecule has 0 bridgehead atoms. The molecule has 2 aliphatic rings. The summed E-state index contributed by atoms with van der Waals surface area (Å²) in [5.41, 5.74) is -0.526. The van der Waals surface area contributed by atoms with Crippen LogP contribution >= 0.6 is 12.4 Å². The number of rotatable bonds is 0. The summed E-state index contributed by atoms with van der Waals surface area (Å²) in [6.07, 6.45) is -0.220. The standard InChI is InChI=1S/C7H11F2NO.ClH/c8-7(9)1-2-11-6(3-7)4-10-5-6;/h10H,1-5H2;1H. The molecule has 0 aromatic carbocycles. The smallest absolute Gasteiger partial charge is 0.253 e. The van der Waals surface area contributed by atoms with Crippen LogP contribution in [0.5, 0.6) is 0 Å². The number of nitrogens with one attached hydrogen (secondary N) is 1.